The van der Waals surface area contributed by atoms with Crippen LogP contribution in [0.2, 0.25) is 5.02 Å². The van der Waals surface area contributed by atoms with Crippen LogP contribution in [0.25, 0.3) is 11.4 Å². The first kappa shape index (κ1) is 20.6. The van der Waals surface area contributed by atoms with Crippen LogP contribution < -0.4 is 5.32 Å². The number of amides is 1. The molecule has 0 aliphatic carbocycles. The van der Waals surface area contributed by atoms with Crippen molar-refractivity contribution in [3.05, 3.63) is 83.2 Å². The third-order valence-corrected chi connectivity index (χ3v) is 4.86. The fraction of sp³-hybridized carbons (Fsp3) is 0.100. The van der Waals surface area contributed by atoms with Crippen LogP contribution in [0.5, 0.6) is 0 Å². The number of anilines is 1. The highest BCUT2D eigenvalue weighted by Gasteiger charge is 2.30. The number of para-hydroxylation sites is 1. The Morgan fingerprint density at radius 3 is 2.61 bits per heavy atom. The van der Waals surface area contributed by atoms with Crippen molar-refractivity contribution in [2.45, 2.75) is 13.1 Å². The Morgan fingerprint density at radius 1 is 1.13 bits per heavy atom. The van der Waals surface area contributed by atoms with Crippen molar-refractivity contribution >= 4 is 23.2 Å². The Labute approximate surface area is 179 Å². The van der Waals surface area contributed by atoms with Crippen LogP contribution in [-0.2, 0) is 6.18 Å². The van der Waals surface area contributed by atoms with E-state index in [9.17, 15) is 18.0 Å². The Balaban J connectivity index is 1.66. The number of aromatic nitrogens is 5. The molecule has 4 aromatic rings. The van der Waals surface area contributed by atoms with Crippen LogP contribution in [-0.4, -0.2) is 30.5 Å². The third-order valence-electron chi connectivity index (χ3n) is 4.56. The summed E-state index contributed by atoms with van der Waals surface area (Å²) in [6.45, 7) is 1.60. The van der Waals surface area contributed by atoms with Gasteiger partial charge in [-0.3, -0.25) is 4.79 Å². The number of nitrogens with zero attached hydrogens (tertiary/aromatic N) is 5. The molecular formula is C20H14ClF3N6O. The Bertz CT molecular complexity index is 1250. The van der Waals surface area contributed by atoms with Crippen molar-refractivity contribution in [2.75, 3.05) is 5.32 Å². The van der Waals surface area contributed by atoms with Crippen molar-refractivity contribution in [1.82, 2.24) is 24.5 Å². The minimum Gasteiger partial charge on any atom is -0.320 e. The van der Waals surface area contributed by atoms with Gasteiger partial charge in [-0.05, 0) is 37.3 Å². The quantitative estimate of drug-likeness (QED) is 0.493. The topological polar surface area (TPSA) is 77.6 Å². The van der Waals surface area contributed by atoms with Crippen molar-refractivity contribution in [1.29, 1.82) is 0 Å². The summed E-state index contributed by atoms with van der Waals surface area (Å²) in [5.41, 5.74) is 0.773. The molecule has 7 nitrogen and oxygen atoms in total. The standard InChI is InChI=1S/C20H14ClF3N6O/c1-12-15(9-26-30(12)14-5-2-4-13(8-14)20(22,23)24)19(31)28-17-7-3-6-16(21)18(17)29-11-25-10-27-29/h2-11H,1H3,(H,28,31). The number of halogens is 4. The first-order valence-corrected chi connectivity index (χ1v) is 9.30. The summed E-state index contributed by atoms with van der Waals surface area (Å²) in [6, 6.07) is 9.67. The molecule has 31 heavy (non-hydrogen) atoms. The summed E-state index contributed by atoms with van der Waals surface area (Å²) in [6.07, 6.45) is -0.418. The zero-order valence-corrected chi connectivity index (χ0v) is 16.7. The van der Waals surface area contributed by atoms with E-state index in [1.807, 2.05) is 0 Å². The van der Waals surface area contributed by atoms with Crippen molar-refractivity contribution in [2.24, 2.45) is 0 Å². The number of hydrogen-bond donors (Lipinski definition) is 1. The van der Waals surface area contributed by atoms with Gasteiger partial charge in [0.25, 0.3) is 5.91 Å². The van der Waals surface area contributed by atoms with Crippen LogP contribution >= 0.6 is 11.6 Å². The van der Waals surface area contributed by atoms with Gasteiger partial charge in [-0.1, -0.05) is 23.7 Å². The van der Waals surface area contributed by atoms with Crippen LogP contribution in [0.1, 0.15) is 21.6 Å². The van der Waals surface area contributed by atoms with Gasteiger partial charge in [0.2, 0.25) is 0 Å². The lowest BCUT2D eigenvalue weighted by molar-refractivity contribution is -0.137. The molecule has 158 valence electrons. The second-order valence-electron chi connectivity index (χ2n) is 6.53. The van der Waals surface area contributed by atoms with E-state index < -0.39 is 17.6 Å². The lowest BCUT2D eigenvalue weighted by atomic mass is 10.2. The zero-order valence-electron chi connectivity index (χ0n) is 15.9. The van der Waals surface area contributed by atoms with Gasteiger partial charge in [-0.25, -0.2) is 14.3 Å². The van der Waals surface area contributed by atoms with Crippen LogP contribution in [0.3, 0.4) is 0 Å². The van der Waals surface area contributed by atoms with Gasteiger partial charge in [0.1, 0.15) is 18.3 Å². The Morgan fingerprint density at radius 2 is 1.90 bits per heavy atom. The highest BCUT2D eigenvalue weighted by atomic mass is 35.5. The van der Waals surface area contributed by atoms with Gasteiger partial charge in [-0.2, -0.15) is 23.4 Å². The largest absolute Gasteiger partial charge is 0.416 e. The SMILES string of the molecule is Cc1c(C(=O)Nc2cccc(Cl)c2-n2cncn2)cnn1-c1cccc(C(F)(F)F)c1. The highest BCUT2D eigenvalue weighted by Crippen LogP contribution is 2.31. The minimum atomic E-state index is -4.48. The predicted octanol–water partition coefficient (Wildman–Crippen LogP) is 4.69. The van der Waals surface area contributed by atoms with E-state index in [2.05, 4.69) is 20.5 Å². The van der Waals surface area contributed by atoms with Crippen molar-refractivity contribution < 1.29 is 18.0 Å². The van der Waals surface area contributed by atoms with E-state index in [0.29, 0.717) is 22.1 Å². The molecule has 0 saturated carbocycles. The summed E-state index contributed by atoms with van der Waals surface area (Å²) < 4.78 is 41.8. The number of carbonyl (C=O) groups excluding carboxylic acids is 1. The van der Waals surface area contributed by atoms with E-state index in [1.165, 1.54) is 40.3 Å². The molecule has 1 N–H and O–H groups in total. The molecule has 0 aliphatic heterocycles. The molecule has 2 aromatic heterocycles. The van der Waals surface area contributed by atoms with E-state index in [1.54, 1.807) is 25.1 Å². The van der Waals surface area contributed by atoms with Crippen LogP contribution in [0.4, 0.5) is 18.9 Å². The highest BCUT2D eigenvalue weighted by molar-refractivity contribution is 6.33. The third kappa shape index (κ3) is 4.02. The maximum atomic E-state index is 13.0. The molecule has 0 atom stereocenters. The fourth-order valence-corrected chi connectivity index (χ4v) is 3.33. The molecule has 0 fully saturated rings. The second-order valence-corrected chi connectivity index (χ2v) is 6.94. The monoisotopic (exact) mass is 446 g/mol. The van der Waals surface area contributed by atoms with Crippen molar-refractivity contribution in [3.8, 4) is 11.4 Å². The summed E-state index contributed by atoms with van der Waals surface area (Å²) in [5.74, 6) is -0.501. The van der Waals surface area contributed by atoms with Gasteiger partial charge in [0.05, 0.1) is 39.4 Å². The van der Waals surface area contributed by atoms with Gasteiger partial charge >= 0.3 is 6.18 Å². The summed E-state index contributed by atoms with van der Waals surface area (Å²) in [4.78, 5) is 16.8. The lowest BCUT2D eigenvalue weighted by Gasteiger charge is -2.12. The minimum absolute atomic E-state index is 0.192. The molecule has 0 spiro atoms. The Kier molecular flexibility index (Phi) is 5.24. The van der Waals surface area contributed by atoms with Gasteiger partial charge in [0.15, 0.2) is 0 Å². The van der Waals surface area contributed by atoms with E-state index in [4.69, 9.17) is 11.6 Å². The molecular weight excluding hydrogens is 433 g/mol. The van der Waals surface area contributed by atoms with Crippen LogP contribution in [0.15, 0.2) is 61.3 Å². The van der Waals surface area contributed by atoms with E-state index >= 15 is 0 Å². The normalized spacial score (nSPS) is 11.5. The van der Waals surface area contributed by atoms with Gasteiger partial charge in [0, 0.05) is 0 Å². The molecule has 4 rings (SSSR count). The zero-order chi connectivity index (χ0) is 22.2. The summed E-state index contributed by atoms with van der Waals surface area (Å²) in [7, 11) is 0. The number of nitrogens with one attached hydrogen (secondary N) is 1. The average Bonchev–Trinajstić information content (AvgIpc) is 3.37. The Hall–Kier alpha value is -3.66. The predicted molar refractivity (Wildman–Crippen MR) is 108 cm³/mol. The summed E-state index contributed by atoms with van der Waals surface area (Å²) >= 11 is 6.27. The number of benzene rings is 2. The molecule has 0 aliphatic rings. The lowest BCUT2D eigenvalue weighted by Crippen LogP contribution is -2.15. The fourth-order valence-electron chi connectivity index (χ4n) is 3.07. The van der Waals surface area contributed by atoms with Crippen molar-refractivity contribution in [3.63, 3.8) is 0 Å². The smallest absolute Gasteiger partial charge is 0.320 e. The maximum absolute atomic E-state index is 13.0. The molecule has 0 radical (unpaired) electrons. The van der Waals surface area contributed by atoms with Gasteiger partial charge in [-0.15, -0.1) is 0 Å². The molecule has 1 amide bonds. The number of hydrogen-bond acceptors (Lipinski definition) is 4. The summed E-state index contributed by atoms with van der Waals surface area (Å²) in [5, 5.41) is 11.2. The molecule has 0 saturated heterocycles. The van der Waals surface area contributed by atoms with E-state index in [0.717, 1.165) is 12.1 Å². The first-order valence-electron chi connectivity index (χ1n) is 8.93. The first-order chi connectivity index (χ1) is 14.8. The average molecular weight is 447 g/mol. The molecule has 2 heterocycles. The molecule has 0 bridgehead atoms. The number of carbonyl (C=O) groups is 1. The number of alkyl halides is 3. The molecule has 2 aromatic carbocycles. The molecule has 0 unspecified atom stereocenters. The second kappa shape index (κ2) is 7.88. The van der Waals surface area contributed by atoms with Gasteiger partial charge < -0.3 is 5.32 Å². The molecule has 11 heteroatoms. The maximum Gasteiger partial charge on any atom is 0.416 e. The number of rotatable bonds is 4. The van der Waals surface area contributed by atoms with Crippen LogP contribution in [0, 0.1) is 6.92 Å². The van der Waals surface area contributed by atoms with E-state index in [-0.39, 0.29) is 11.3 Å².